The Labute approximate surface area is 122 Å². The van der Waals surface area contributed by atoms with Crippen LogP contribution >= 0.6 is 0 Å². The van der Waals surface area contributed by atoms with Crippen molar-refractivity contribution in [2.45, 2.75) is 13.0 Å². The van der Waals surface area contributed by atoms with Crippen LogP contribution < -0.4 is 5.32 Å². The SMILES string of the molecule is c1ccc(-c2cnn(-c3ncnc4c3CNCC4)c2)cc1. The lowest BCUT2D eigenvalue weighted by molar-refractivity contribution is 0.616. The van der Waals surface area contributed by atoms with Crippen LogP contribution in [0.4, 0.5) is 0 Å². The lowest BCUT2D eigenvalue weighted by Crippen LogP contribution is -2.26. The molecule has 0 fully saturated rings. The first-order valence-electron chi connectivity index (χ1n) is 7.06. The highest BCUT2D eigenvalue weighted by molar-refractivity contribution is 5.62. The van der Waals surface area contributed by atoms with Gasteiger partial charge in [-0.25, -0.2) is 14.6 Å². The lowest BCUT2D eigenvalue weighted by atomic mass is 10.1. The first-order valence-corrected chi connectivity index (χ1v) is 7.06. The summed E-state index contributed by atoms with van der Waals surface area (Å²) in [5, 5.41) is 7.84. The van der Waals surface area contributed by atoms with Crippen molar-refractivity contribution in [2.75, 3.05) is 6.54 Å². The Balaban J connectivity index is 1.77. The summed E-state index contributed by atoms with van der Waals surface area (Å²) in [6.07, 6.45) is 6.47. The van der Waals surface area contributed by atoms with E-state index in [0.717, 1.165) is 47.7 Å². The second kappa shape index (κ2) is 5.10. The van der Waals surface area contributed by atoms with Gasteiger partial charge < -0.3 is 5.32 Å². The average molecular weight is 277 g/mol. The van der Waals surface area contributed by atoms with Crippen LogP contribution in [-0.4, -0.2) is 26.3 Å². The van der Waals surface area contributed by atoms with E-state index in [9.17, 15) is 0 Å². The number of hydrogen-bond acceptors (Lipinski definition) is 4. The van der Waals surface area contributed by atoms with E-state index in [4.69, 9.17) is 0 Å². The van der Waals surface area contributed by atoms with E-state index < -0.39 is 0 Å². The standard InChI is InChI=1S/C16H15N5/c1-2-4-12(5-3-1)13-8-20-21(10-13)16-14-9-17-7-6-15(14)18-11-19-16/h1-5,8,10-11,17H,6-7,9H2. The van der Waals surface area contributed by atoms with Crippen LogP contribution in [0, 0.1) is 0 Å². The molecule has 1 aliphatic rings. The third-order valence-corrected chi connectivity index (χ3v) is 3.76. The molecule has 3 heterocycles. The molecule has 0 unspecified atom stereocenters. The van der Waals surface area contributed by atoms with Crippen LogP contribution in [-0.2, 0) is 13.0 Å². The molecule has 4 rings (SSSR count). The van der Waals surface area contributed by atoms with Crippen molar-refractivity contribution in [1.29, 1.82) is 0 Å². The minimum Gasteiger partial charge on any atom is -0.312 e. The fraction of sp³-hybridized carbons (Fsp3) is 0.188. The van der Waals surface area contributed by atoms with Gasteiger partial charge in [-0.05, 0) is 5.56 Å². The summed E-state index contributed by atoms with van der Waals surface area (Å²) in [4.78, 5) is 8.80. The molecule has 0 saturated carbocycles. The molecule has 0 radical (unpaired) electrons. The second-order valence-corrected chi connectivity index (χ2v) is 5.09. The molecule has 0 bridgehead atoms. The fourth-order valence-corrected chi connectivity index (χ4v) is 2.67. The van der Waals surface area contributed by atoms with Crippen LogP contribution in [0.15, 0.2) is 49.1 Å². The summed E-state index contributed by atoms with van der Waals surface area (Å²) >= 11 is 0. The van der Waals surface area contributed by atoms with Gasteiger partial charge in [0.1, 0.15) is 6.33 Å². The molecule has 2 aromatic heterocycles. The van der Waals surface area contributed by atoms with Gasteiger partial charge in [0, 0.05) is 36.8 Å². The van der Waals surface area contributed by atoms with Crippen LogP contribution in [0.2, 0.25) is 0 Å². The molecular weight excluding hydrogens is 262 g/mol. The van der Waals surface area contributed by atoms with Crippen molar-refractivity contribution in [2.24, 2.45) is 0 Å². The van der Waals surface area contributed by atoms with Crippen LogP contribution in [0.3, 0.4) is 0 Å². The first kappa shape index (κ1) is 12.2. The van der Waals surface area contributed by atoms with Crippen LogP contribution in [0.25, 0.3) is 16.9 Å². The third-order valence-electron chi connectivity index (χ3n) is 3.76. The third kappa shape index (κ3) is 2.21. The normalized spacial score (nSPS) is 13.9. The van der Waals surface area contributed by atoms with E-state index in [1.54, 1.807) is 6.33 Å². The van der Waals surface area contributed by atoms with Gasteiger partial charge >= 0.3 is 0 Å². The largest absolute Gasteiger partial charge is 0.312 e. The van der Waals surface area contributed by atoms with E-state index in [1.807, 2.05) is 35.3 Å². The van der Waals surface area contributed by atoms with Crippen LogP contribution in [0.5, 0.6) is 0 Å². The molecule has 0 aliphatic carbocycles. The predicted molar refractivity (Wildman–Crippen MR) is 80.0 cm³/mol. The zero-order chi connectivity index (χ0) is 14.1. The number of benzene rings is 1. The van der Waals surface area contributed by atoms with Gasteiger partial charge in [-0.2, -0.15) is 5.10 Å². The monoisotopic (exact) mass is 277 g/mol. The number of nitrogens with one attached hydrogen (secondary N) is 1. The summed E-state index contributed by atoms with van der Waals surface area (Å²) in [7, 11) is 0. The van der Waals surface area contributed by atoms with Gasteiger partial charge in [0.05, 0.1) is 11.9 Å². The van der Waals surface area contributed by atoms with Crippen molar-refractivity contribution >= 4 is 0 Å². The molecule has 1 aromatic carbocycles. The first-order chi connectivity index (χ1) is 10.4. The molecule has 0 spiro atoms. The Morgan fingerprint density at radius 2 is 1.95 bits per heavy atom. The highest BCUT2D eigenvalue weighted by Gasteiger charge is 2.17. The van der Waals surface area contributed by atoms with E-state index in [0.29, 0.717) is 0 Å². The van der Waals surface area contributed by atoms with Crippen molar-refractivity contribution in [1.82, 2.24) is 25.1 Å². The summed E-state index contributed by atoms with van der Waals surface area (Å²) in [6.45, 7) is 1.77. The molecule has 5 nitrogen and oxygen atoms in total. The number of aromatic nitrogens is 4. The smallest absolute Gasteiger partial charge is 0.161 e. The molecule has 0 saturated heterocycles. The molecule has 104 valence electrons. The topological polar surface area (TPSA) is 55.6 Å². The Morgan fingerprint density at radius 3 is 2.86 bits per heavy atom. The number of hydrogen-bond donors (Lipinski definition) is 1. The van der Waals surface area contributed by atoms with Gasteiger partial charge in [-0.1, -0.05) is 30.3 Å². The summed E-state index contributed by atoms with van der Waals surface area (Å²) in [5.74, 6) is 0.870. The maximum Gasteiger partial charge on any atom is 0.161 e. The molecular formula is C16H15N5. The Bertz CT molecular complexity index is 763. The Kier molecular flexibility index (Phi) is 2.97. The Hall–Kier alpha value is -2.53. The van der Waals surface area contributed by atoms with Gasteiger partial charge in [-0.3, -0.25) is 0 Å². The highest BCUT2D eigenvalue weighted by atomic mass is 15.3. The minimum absolute atomic E-state index is 0.798. The van der Waals surface area contributed by atoms with Gasteiger partial charge in [-0.15, -0.1) is 0 Å². The molecule has 21 heavy (non-hydrogen) atoms. The number of rotatable bonds is 2. The van der Waals surface area contributed by atoms with Gasteiger partial charge in [0.2, 0.25) is 0 Å². The quantitative estimate of drug-likeness (QED) is 0.778. The van der Waals surface area contributed by atoms with E-state index in [2.05, 4.69) is 32.5 Å². The Morgan fingerprint density at radius 1 is 1.05 bits per heavy atom. The highest BCUT2D eigenvalue weighted by Crippen LogP contribution is 2.22. The summed E-state index contributed by atoms with van der Waals surface area (Å²) in [5.41, 5.74) is 4.51. The molecule has 0 atom stereocenters. The van der Waals surface area contributed by atoms with Crippen molar-refractivity contribution in [3.8, 4) is 16.9 Å². The average Bonchev–Trinajstić information content (AvgIpc) is 3.05. The maximum absolute atomic E-state index is 4.47. The second-order valence-electron chi connectivity index (χ2n) is 5.09. The number of fused-ring (bicyclic) bond motifs is 1. The zero-order valence-electron chi connectivity index (χ0n) is 11.5. The fourth-order valence-electron chi connectivity index (χ4n) is 2.67. The lowest BCUT2D eigenvalue weighted by Gasteiger charge is -2.18. The van der Waals surface area contributed by atoms with Gasteiger partial charge in [0.25, 0.3) is 0 Å². The molecule has 1 N–H and O–H groups in total. The minimum atomic E-state index is 0.798. The molecule has 1 aliphatic heterocycles. The van der Waals surface area contributed by atoms with E-state index >= 15 is 0 Å². The summed E-state index contributed by atoms with van der Waals surface area (Å²) < 4.78 is 1.84. The van der Waals surface area contributed by atoms with Crippen molar-refractivity contribution in [3.05, 3.63) is 60.3 Å². The van der Waals surface area contributed by atoms with Crippen LogP contribution in [0.1, 0.15) is 11.3 Å². The van der Waals surface area contributed by atoms with Crippen molar-refractivity contribution in [3.63, 3.8) is 0 Å². The molecule has 0 amide bonds. The zero-order valence-corrected chi connectivity index (χ0v) is 11.5. The van der Waals surface area contributed by atoms with Gasteiger partial charge in [0.15, 0.2) is 5.82 Å². The van der Waals surface area contributed by atoms with E-state index in [-0.39, 0.29) is 0 Å². The summed E-state index contributed by atoms with van der Waals surface area (Å²) in [6, 6.07) is 10.2. The molecule has 3 aromatic rings. The van der Waals surface area contributed by atoms with E-state index in [1.165, 1.54) is 0 Å². The van der Waals surface area contributed by atoms with Crippen molar-refractivity contribution < 1.29 is 0 Å². The maximum atomic E-state index is 4.47. The predicted octanol–water partition coefficient (Wildman–Crippen LogP) is 1.97. The molecule has 5 heteroatoms. The number of nitrogens with zero attached hydrogens (tertiary/aromatic N) is 4.